The van der Waals surface area contributed by atoms with Crippen LogP contribution in [0.25, 0.3) is 11.3 Å². The molecule has 182 valence electrons. The highest BCUT2D eigenvalue weighted by atomic mass is 16.5. The normalized spacial score (nSPS) is 21.8. The molecule has 9 heteroatoms. The van der Waals surface area contributed by atoms with Crippen LogP contribution in [0.1, 0.15) is 26.2 Å². The van der Waals surface area contributed by atoms with E-state index in [4.69, 9.17) is 9.72 Å². The molecule has 3 heterocycles. The summed E-state index contributed by atoms with van der Waals surface area (Å²) in [6.07, 6.45) is 7.07. The van der Waals surface area contributed by atoms with Gasteiger partial charge in [-0.3, -0.25) is 14.6 Å². The smallest absolute Gasteiger partial charge is 0.247 e. The number of piperazine rings is 1. The lowest BCUT2D eigenvalue weighted by atomic mass is 9.94. The number of hydrogen-bond donors (Lipinski definition) is 1. The molecule has 2 aromatic heterocycles. The Morgan fingerprint density at radius 2 is 2.11 bits per heavy atom. The molecule has 3 unspecified atom stereocenters. The van der Waals surface area contributed by atoms with Gasteiger partial charge in [0.1, 0.15) is 11.9 Å². The van der Waals surface area contributed by atoms with E-state index in [9.17, 15) is 14.9 Å². The van der Waals surface area contributed by atoms with Gasteiger partial charge in [-0.15, -0.1) is 0 Å². The predicted octanol–water partition coefficient (Wildman–Crippen LogP) is 3.01. The van der Waals surface area contributed by atoms with Gasteiger partial charge in [-0.05, 0) is 56.0 Å². The van der Waals surface area contributed by atoms with Gasteiger partial charge in [0, 0.05) is 30.8 Å². The maximum atomic E-state index is 12.9. The van der Waals surface area contributed by atoms with Crippen molar-refractivity contribution in [3.8, 4) is 17.3 Å². The molecule has 1 aliphatic heterocycles. The number of nitriles is 1. The van der Waals surface area contributed by atoms with Crippen LogP contribution in [-0.4, -0.2) is 65.1 Å². The lowest BCUT2D eigenvalue weighted by Gasteiger charge is -2.49. The van der Waals surface area contributed by atoms with Gasteiger partial charge in [0.05, 0.1) is 43.4 Å². The molecule has 2 amide bonds. The third-order valence-electron chi connectivity index (χ3n) is 6.61. The minimum absolute atomic E-state index is 0.0472. The summed E-state index contributed by atoms with van der Waals surface area (Å²) >= 11 is 0. The molecule has 0 bridgehead atoms. The van der Waals surface area contributed by atoms with Gasteiger partial charge in [-0.1, -0.05) is 6.58 Å². The number of methoxy groups -OCH3 is 1. The lowest BCUT2D eigenvalue weighted by molar-refractivity contribution is -0.137. The molecule has 1 aliphatic carbocycles. The van der Waals surface area contributed by atoms with Crippen molar-refractivity contribution in [2.24, 2.45) is 5.92 Å². The van der Waals surface area contributed by atoms with Crippen LogP contribution in [0.2, 0.25) is 0 Å². The van der Waals surface area contributed by atoms with Crippen molar-refractivity contribution in [3.63, 3.8) is 0 Å². The van der Waals surface area contributed by atoms with Crippen LogP contribution >= 0.6 is 0 Å². The van der Waals surface area contributed by atoms with E-state index >= 15 is 0 Å². The van der Waals surface area contributed by atoms with Crippen molar-refractivity contribution in [2.75, 3.05) is 30.5 Å². The Hall–Kier alpha value is -3.77. The number of carbonyl (C=O) groups excluding carboxylic acids is 2. The Morgan fingerprint density at radius 1 is 1.31 bits per heavy atom. The third-order valence-corrected chi connectivity index (χ3v) is 6.61. The second-order valence-electron chi connectivity index (χ2n) is 8.94. The fraction of sp³-hybridized carbons (Fsp3) is 0.423. The molecule has 0 spiro atoms. The first-order valence-electron chi connectivity index (χ1n) is 11.8. The molecule has 2 aromatic rings. The van der Waals surface area contributed by atoms with Gasteiger partial charge in [-0.25, -0.2) is 4.98 Å². The molecular weight excluding hydrogens is 444 g/mol. The minimum Gasteiger partial charge on any atom is -0.384 e. The maximum Gasteiger partial charge on any atom is 0.247 e. The Kier molecular flexibility index (Phi) is 7.42. The first-order chi connectivity index (χ1) is 17.0. The van der Waals surface area contributed by atoms with Gasteiger partial charge in [-0.2, -0.15) is 5.26 Å². The van der Waals surface area contributed by atoms with Crippen LogP contribution in [0.15, 0.2) is 49.3 Å². The summed E-state index contributed by atoms with van der Waals surface area (Å²) in [4.78, 5) is 37.6. The number of amides is 2. The van der Waals surface area contributed by atoms with Crippen molar-refractivity contribution in [1.29, 1.82) is 5.26 Å². The largest absolute Gasteiger partial charge is 0.384 e. The Morgan fingerprint density at radius 3 is 2.74 bits per heavy atom. The average Bonchev–Trinajstić information content (AvgIpc) is 3.72. The zero-order valence-corrected chi connectivity index (χ0v) is 20.1. The number of aromatic nitrogens is 2. The molecule has 0 aromatic carbocycles. The molecular formula is C26H30N6O3. The van der Waals surface area contributed by atoms with E-state index in [1.807, 2.05) is 19.1 Å². The Bertz CT molecular complexity index is 1120. The van der Waals surface area contributed by atoms with Crippen molar-refractivity contribution >= 4 is 23.3 Å². The average molecular weight is 475 g/mol. The van der Waals surface area contributed by atoms with Crippen molar-refractivity contribution in [2.45, 2.75) is 44.3 Å². The number of hydrogen-bond acceptors (Lipinski definition) is 7. The first-order valence-corrected chi connectivity index (χ1v) is 11.8. The minimum atomic E-state index is -0.558. The highest BCUT2D eigenvalue weighted by Gasteiger charge is 2.48. The quantitative estimate of drug-likeness (QED) is 0.586. The summed E-state index contributed by atoms with van der Waals surface area (Å²) in [6, 6.07) is 9.12. The molecule has 1 saturated heterocycles. The highest BCUT2D eigenvalue weighted by molar-refractivity contribution is 5.99. The third kappa shape index (κ3) is 5.33. The number of ether oxygens (including phenoxy) is 1. The Balaban J connectivity index is 1.57. The lowest BCUT2D eigenvalue weighted by Crippen LogP contribution is -2.65. The molecule has 3 atom stereocenters. The maximum absolute atomic E-state index is 12.9. The summed E-state index contributed by atoms with van der Waals surface area (Å²) in [5.41, 5.74) is 2.11. The molecule has 4 rings (SSSR count). The molecule has 1 N–H and O–H groups in total. The summed E-state index contributed by atoms with van der Waals surface area (Å²) in [7, 11) is 1.57. The molecule has 0 radical (unpaired) electrons. The van der Waals surface area contributed by atoms with Crippen LogP contribution in [0, 0.1) is 17.2 Å². The monoisotopic (exact) mass is 474 g/mol. The van der Waals surface area contributed by atoms with Crippen LogP contribution in [0.4, 0.5) is 11.5 Å². The van der Waals surface area contributed by atoms with E-state index in [2.05, 4.69) is 27.8 Å². The molecule has 1 saturated carbocycles. The zero-order chi connectivity index (χ0) is 24.9. The summed E-state index contributed by atoms with van der Waals surface area (Å²) < 4.78 is 5.08. The number of anilines is 2. The number of carbonyl (C=O) groups is 2. The van der Waals surface area contributed by atoms with E-state index < -0.39 is 6.04 Å². The zero-order valence-electron chi connectivity index (χ0n) is 20.1. The highest BCUT2D eigenvalue weighted by Crippen LogP contribution is 2.42. The fourth-order valence-electron chi connectivity index (χ4n) is 4.83. The van der Waals surface area contributed by atoms with Crippen molar-refractivity contribution < 1.29 is 14.3 Å². The summed E-state index contributed by atoms with van der Waals surface area (Å²) in [6.45, 7) is 6.25. The standard InChI is InChI=1S/C26H30N6O3/c1-4-24(33)30-20-9-11-28-22(13-20)19-7-8-23(29-15-19)31-16-21(14-27)32(25(34)10-12-35-3)17(2)26(31)18-5-6-18/h4,7-9,11,13,15,17-18,21,26H,1,5-6,10,12,16H2,2-3H3,(H,28,30,33). The number of nitrogens with zero attached hydrogens (tertiary/aromatic N) is 5. The van der Waals surface area contributed by atoms with Gasteiger partial charge in [0.2, 0.25) is 11.8 Å². The summed E-state index contributed by atoms with van der Waals surface area (Å²) in [5.74, 6) is 0.908. The second-order valence-corrected chi connectivity index (χ2v) is 8.94. The molecule has 35 heavy (non-hydrogen) atoms. The van der Waals surface area contributed by atoms with E-state index in [-0.39, 0.29) is 30.3 Å². The van der Waals surface area contributed by atoms with Crippen LogP contribution in [0.3, 0.4) is 0 Å². The SMILES string of the molecule is C=CC(=O)Nc1ccnc(-c2ccc(N3CC(C#N)N(C(=O)CCOC)C(C)C3C3CC3)nc2)c1. The molecule has 2 aliphatic rings. The summed E-state index contributed by atoms with van der Waals surface area (Å²) in [5, 5.41) is 12.6. The fourth-order valence-corrected chi connectivity index (χ4v) is 4.83. The van der Waals surface area contributed by atoms with E-state index in [1.54, 1.807) is 36.5 Å². The second kappa shape index (κ2) is 10.7. The molecule has 9 nitrogen and oxygen atoms in total. The number of nitrogens with one attached hydrogen (secondary N) is 1. The van der Waals surface area contributed by atoms with Crippen LogP contribution in [-0.2, 0) is 14.3 Å². The van der Waals surface area contributed by atoms with Crippen molar-refractivity contribution in [1.82, 2.24) is 14.9 Å². The number of pyridine rings is 2. The van der Waals surface area contributed by atoms with Crippen LogP contribution in [0.5, 0.6) is 0 Å². The van der Waals surface area contributed by atoms with Crippen LogP contribution < -0.4 is 10.2 Å². The van der Waals surface area contributed by atoms with E-state index in [0.29, 0.717) is 30.5 Å². The first kappa shape index (κ1) is 24.4. The predicted molar refractivity (Wildman–Crippen MR) is 132 cm³/mol. The van der Waals surface area contributed by atoms with E-state index in [1.165, 1.54) is 6.08 Å². The Labute approximate surface area is 205 Å². The van der Waals surface area contributed by atoms with E-state index in [0.717, 1.165) is 24.2 Å². The van der Waals surface area contributed by atoms with Gasteiger partial charge in [0.15, 0.2) is 0 Å². The van der Waals surface area contributed by atoms with Gasteiger partial charge < -0.3 is 19.9 Å². The topological polar surface area (TPSA) is 111 Å². The number of rotatable bonds is 8. The van der Waals surface area contributed by atoms with Gasteiger partial charge in [0.25, 0.3) is 0 Å². The van der Waals surface area contributed by atoms with Gasteiger partial charge >= 0.3 is 0 Å². The van der Waals surface area contributed by atoms with Crippen molar-refractivity contribution in [3.05, 3.63) is 49.3 Å². The molecule has 2 fully saturated rings.